The van der Waals surface area contributed by atoms with Gasteiger partial charge in [0.05, 0.1) is 24.1 Å². The fourth-order valence-corrected chi connectivity index (χ4v) is 5.31. The standard InChI is InChI=1S/C28H36FN3O3/c1-3-31(4-2)28(34)26(20-8-6-5-7-9-20)21-12-15-32(16-13-21)25-11-10-23(18-24(25)29)30-27(33)22-14-17-35-19-22/h5-11,18,21-22,26H,3-4,12-17,19H2,1-2H3,(H,30,33)/t22-,26?/m1/s1. The van der Waals surface area contributed by atoms with Gasteiger partial charge < -0.3 is 19.9 Å². The van der Waals surface area contributed by atoms with E-state index in [-0.39, 0.29) is 35.4 Å². The molecule has 1 N–H and O–H groups in total. The summed E-state index contributed by atoms with van der Waals surface area (Å²) in [5.74, 6) is -0.438. The van der Waals surface area contributed by atoms with Crippen molar-refractivity contribution in [2.24, 2.45) is 11.8 Å². The maximum absolute atomic E-state index is 15.0. The Morgan fingerprint density at radius 2 is 1.80 bits per heavy atom. The molecule has 2 aromatic carbocycles. The minimum atomic E-state index is -0.345. The quantitative estimate of drug-likeness (QED) is 0.595. The second-order valence-corrected chi connectivity index (χ2v) is 9.44. The molecule has 2 aliphatic heterocycles. The van der Waals surface area contributed by atoms with E-state index in [1.807, 2.05) is 54.0 Å². The number of rotatable bonds is 8. The number of carbonyl (C=O) groups excluding carboxylic acids is 2. The normalized spacial score (nSPS) is 19.4. The maximum atomic E-state index is 15.0. The van der Waals surface area contributed by atoms with E-state index in [1.54, 1.807) is 12.1 Å². The largest absolute Gasteiger partial charge is 0.381 e. The summed E-state index contributed by atoms with van der Waals surface area (Å²) in [5.41, 5.74) is 2.06. The Balaban J connectivity index is 1.43. The van der Waals surface area contributed by atoms with Crippen LogP contribution < -0.4 is 10.2 Å². The molecule has 188 valence electrons. The molecule has 2 atom stereocenters. The molecule has 2 fully saturated rings. The van der Waals surface area contributed by atoms with Crippen molar-refractivity contribution in [3.8, 4) is 0 Å². The summed E-state index contributed by atoms with van der Waals surface area (Å²) in [6.45, 7) is 7.79. The van der Waals surface area contributed by atoms with Gasteiger partial charge in [-0.2, -0.15) is 0 Å². The molecular formula is C28H36FN3O3. The van der Waals surface area contributed by atoms with Crippen molar-refractivity contribution in [2.75, 3.05) is 49.6 Å². The molecule has 6 nitrogen and oxygen atoms in total. The molecule has 0 bridgehead atoms. The average molecular weight is 482 g/mol. The van der Waals surface area contributed by atoms with Gasteiger partial charge in [-0.05, 0) is 62.8 Å². The van der Waals surface area contributed by atoms with Crippen molar-refractivity contribution in [2.45, 2.75) is 39.0 Å². The number of piperidine rings is 1. The molecule has 4 rings (SSSR count). The first-order chi connectivity index (χ1) is 17.0. The lowest BCUT2D eigenvalue weighted by molar-refractivity contribution is -0.134. The fraction of sp³-hybridized carbons (Fsp3) is 0.500. The summed E-state index contributed by atoms with van der Waals surface area (Å²) in [4.78, 5) is 29.7. The van der Waals surface area contributed by atoms with Crippen LogP contribution in [0, 0.1) is 17.7 Å². The monoisotopic (exact) mass is 481 g/mol. The third-order valence-electron chi connectivity index (χ3n) is 7.37. The number of hydrogen-bond acceptors (Lipinski definition) is 4. The Morgan fingerprint density at radius 3 is 2.40 bits per heavy atom. The Kier molecular flexibility index (Phi) is 8.39. The molecule has 2 amide bonds. The molecule has 1 unspecified atom stereocenters. The molecule has 0 saturated carbocycles. The van der Waals surface area contributed by atoms with Crippen LogP contribution in [-0.2, 0) is 14.3 Å². The van der Waals surface area contributed by atoms with Gasteiger partial charge in [-0.25, -0.2) is 4.39 Å². The van der Waals surface area contributed by atoms with Gasteiger partial charge in [0.1, 0.15) is 5.82 Å². The number of likely N-dealkylation sites (N-methyl/N-ethyl adjacent to an activating group) is 1. The summed E-state index contributed by atoms with van der Waals surface area (Å²) in [6, 6.07) is 14.9. The number of hydrogen-bond donors (Lipinski definition) is 1. The topological polar surface area (TPSA) is 61.9 Å². The maximum Gasteiger partial charge on any atom is 0.230 e. The van der Waals surface area contributed by atoms with Crippen molar-refractivity contribution in [1.29, 1.82) is 0 Å². The molecule has 0 radical (unpaired) electrons. The van der Waals surface area contributed by atoms with Crippen LogP contribution in [0.3, 0.4) is 0 Å². The number of halogens is 1. The van der Waals surface area contributed by atoms with E-state index in [2.05, 4.69) is 5.32 Å². The zero-order chi connectivity index (χ0) is 24.8. The molecular weight excluding hydrogens is 445 g/mol. The third kappa shape index (κ3) is 5.84. The number of nitrogens with one attached hydrogen (secondary N) is 1. The lowest BCUT2D eigenvalue weighted by atomic mass is 9.79. The molecule has 35 heavy (non-hydrogen) atoms. The first-order valence-corrected chi connectivity index (χ1v) is 12.8. The van der Waals surface area contributed by atoms with E-state index < -0.39 is 0 Å². The van der Waals surface area contributed by atoms with Crippen LogP contribution in [0.4, 0.5) is 15.8 Å². The van der Waals surface area contributed by atoms with Crippen molar-refractivity contribution >= 4 is 23.2 Å². The summed E-state index contributed by atoms with van der Waals surface area (Å²) in [6.07, 6.45) is 2.32. The van der Waals surface area contributed by atoms with E-state index >= 15 is 4.39 Å². The van der Waals surface area contributed by atoms with E-state index in [0.717, 1.165) is 18.4 Å². The highest BCUT2D eigenvalue weighted by Crippen LogP contribution is 2.36. The second kappa shape index (κ2) is 11.7. The van der Waals surface area contributed by atoms with Gasteiger partial charge in [-0.1, -0.05) is 30.3 Å². The predicted octanol–water partition coefficient (Wildman–Crippen LogP) is 4.67. The average Bonchev–Trinajstić information content (AvgIpc) is 3.42. The molecule has 0 aromatic heterocycles. The molecule has 2 saturated heterocycles. The van der Waals surface area contributed by atoms with Crippen molar-refractivity contribution in [1.82, 2.24) is 4.90 Å². The Hall–Kier alpha value is -2.93. The molecule has 0 aliphatic carbocycles. The summed E-state index contributed by atoms with van der Waals surface area (Å²) in [5, 5.41) is 2.81. The van der Waals surface area contributed by atoms with Crippen molar-refractivity contribution in [3.05, 3.63) is 59.9 Å². The number of benzene rings is 2. The highest BCUT2D eigenvalue weighted by Gasteiger charge is 2.35. The van der Waals surface area contributed by atoms with Crippen LogP contribution in [-0.4, -0.2) is 56.1 Å². The Morgan fingerprint density at radius 1 is 1.09 bits per heavy atom. The van der Waals surface area contributed by atoms with Crippen LogP contribution in [0.2, 0.25) is 0 Å². The van der Waals surface area contributed by atoms with E-state index in [0.29, 0.717) is 57.2 Å². The highest BCUT2D eigenvalue weighted by atomic mass is 19.1. The summed E-state index contributed by atoms with van der Waals surface area (Å²) < 4.78 is 20.3. The van der Waals surface area contributed by atoms with Gasteiger partial charge >= 0.3 is 0 Å². The number of carbonyl (C=O) groups is 2. The smallest absolute Gasteiger partial charge is 0.230 e. The van der Waals surface area contributed by atoms with Gasteiger partial charge in [0.15, 0.2) is 0 Å². The molecule has 7 heteroatoms. The highest BCUT2D eigenvalue weighted by molar-refractivity contribution is 5.93. The van der Waals surface area contributed by atoms with Crippen LogP contribution in [0.1, 0.15) is 44.6 Å². The molecule has 2 heterocycles. The van der Waals surface area contributed by atoms with Crippen molar-refractivity contribution in [3.63, 3.8) is 0 Å². The van der Waals surface area contributed by atoms with Crippen LogP contribution >= 0.6 is 0 Å². The van der Waals surface area contributed by atoms with Gasteiger partial charge in [0, 0.05) is 38.5 Å². The number of amides is 2. The molecule has 0 spiro atoms. The Labute approximate surface area is 207 Å². The van der Waals surface area contributed by atoms with Gasteiger partial charge in [0.25, 0.3) is 0 Å². The van der Waals surface area contributed by atoms with Crippen LogP contribution in [0.5, 0.6) is 0 Å². The van der Waals surface area contributed by atoms with E-state index in [9.17, 15) is 9.59 Å². The first-order valence-electron chi connectivity index (χ1n) is 12.8. The zero-order valence-corrected chi connectivity index (χ0v) is 20.7. The lowest BCUT2D eigenvalue weighted by Gasteiger charge is -2.38. The zero-order valence-electron chi connectivity index (χ0n) is 20.7. The molecule has 2 aliphatic rings. The Bertz CT molecular complexity index is 998. The van der Waals surface area contributed by atoms with Crippen LogP contribution in [0.15, 0.2) is 48.5 Å². The van der Waals surface area contributed by atoms with Gasteiger partial charge in [-0.3, -0.25) is 9.59 Å². The number of anilines is 2. The van der Waals surface area contributed by atoms with Gasteiger partial charge in [0.2, 0.25) is 11.8 Å². The lowest BCUT2D eigenvalue weighted by Crippen LogP contribution is -2.42. The third-order valence-corrected chi connectivity index (χ3v) is 7.37. The van der Waals surface area contributed by atoms with E-state index in [1.165, 1.54) is 6.07 Å². The summed E-state index contributed by atoms with van der Waals surface area (Å²) >= 11 is 0. The molecule has 2 aromatic rings. The van der Waals surface area contributed by atoms with Gasteiger partial charge in [-0.15, -0.1) is 0 Å². The second-order valence-electron chi connectivity index (χ2n) is 9.44. The predicted molar refractivity (Wildman–Crippen MR) is 136 cm³/mol. The summed E-state index contributed by atoms with van der Waals surface area (Å²) in [7, 11) is 0. The minimum absolute atomic E-state index is 0.125. The van der Waals surface area contributed by atoms with Crippen LogP contribution in [0.25, 0.3) is 0 Å². The fourth-order valence-electron chi connectivity index (χ4n) is 5.31. The minimum Gasteiger partial charge on any atom is -0.381 e. The number of nitrogens with zero attached hydrogens (tertiary/aromatic N) is 2. The van der Waals surface area contributed by atoms with E-state index in [4.69, 9.17) is 4.74 Å². The SMILES string of the molecule is CCN(CC)C(=O)C(c1ccccc1)C1CCN(c2ccc(NC(=O)[C@@H]3CCOC3)cc2F)CC1. The number of ether oxygens (including phenoxy) is 1. The van der Waals surface area contributed by atoms with Crippen molar-refractivity contribution < 1.29 is 18.7 Å². The first kappa shape index (κ1) is 25.2.